The van der Waals surface area contributed by atoms with Gasteiger partial charge in [0.1, 0.15) is 5.67 Å². The van der Waals surface area contributed by atoms with Gasteiger partial charge < -0.3 is 5.73 Å². The van der Waals surface area contributed by atoms with Crippen LogP contribution in [0, 0.1) is 0 Å². The number of alkyl halides is 1. The lowest BCUT2D eigenvalue weighted by molar-refractivity contribution is 0.110. The molecule has 0 aliphatic heterocycles. The monoisotopic (exact) mass is 303 g/mol. The predicted molar refractivity (Wildman–Crippen MR) is 95.3 cm³/mol. The van der Waals surface area contributed by atoms with Crippen molar-refractivity contribution in [3.8, 4) is 0 Å². The van der Waals surface area contributed by atoms with Crippen LogP contribution in [-0.4, -0.2) is 5.67 Å². The van der Waals surface area contributed by atoms with Crippen LogP contribution in [-0.2, 0) is 0 Å². The van der Waals surface area contributed by atoms with Crippen molar-refractivity contribution >= 4 is 0 Å². The molecule has 1 rings (SSSR count). The maximum Gasteiger partial charge on any atom is 0.135 e. The lowest BCUT2D eigenvalue weighted by Gasteiger charge is -2.34. The molecule has 0 radical (unpaired) electrons. The summed E-state index contributed by atoms with van der Waals surface area (Å²) in [7, 11) is 0. The van der Waals surface area contributed by atoms with E-state index < -0.39 is 5.67 Å². The van der Waals surface area contributed by atoms with E-state index in [4.69, 9.17) is 5.73 Å². The minimum atomic E-state index is -1.21. The second kappa shape index (κ2) is 8.77. The molecule has 1 aliphatic rings. The fourth-order valence-electron chi connectivity index (χ4n) is 2.59. The van der Waals surface area contributed by atoms with Crippen molar-refractivity contribution in [1.29, 1.82) is 0 Å². The highest BCUT2D eigenvalue weighted by Gasteiger charge is 2.38. The van der Waals surface area contributed by atoms with Crippen LogP contribution in [0.1, 0.15) is 59.3 Å². The molecule has 1 aliphatic carbocycles. The number of allylic oxidation sites excluding steroid dienone is 8. The molecule has 22 heavy (non-hydrogen) atoms. The van der Waals surface area contributed by atoms with E-state index in [1.165, 1.54) is 24.6 Å². The minimum absolute atomic E-state index is 0.582. The second-order valence-corrected chi connectivity index (χ2v) is 6.14. The number of hydrogen-bond donors (Lipinski definition) is 1. The molecular formula is C20H30FN. The Balaban J connectivity index is 3.07. The number of halogens is 1. The first-order valence-corrected chi connectivity index (χ1v) is 8.29. The Morgan fingerprint density at radius 2 is 1.95 bits per heavy atom. The fraction of sp³-hybridized carbons (Fsp3) is 0.500. The number of rotatable bonds is 8. The zero-order valence-electron chi connectivity index (χ0n) is 14.3. The Bertz CT molecular complexity index is 502. The third-order valence-electron chi connectivity index (χ3n) is 4.30. The number of unbranched alkanes of at least 4 members (excludes halogenated alkanes) is 1. The summed E-state index contributed by atoms with van der Waals surface area (Å²) in [4.78, 5) is 0. The standard InChI is InChI=1S/C20H30FN/c1-5-7-9-16(3)14-19(18(6-2)10-13-22)15-17(4)20(21)11-8-12-20/h6,10,13-15H,4-5,7-9,11-12,22H2,1-3H3/b13-10+,16-14+,18-6-,19-15+. The van der Waals surface area contributed by atoms with E-state index in [0.29, 0.717) is 18.4 Å². The lowest BCUT2D eigenvalue weighted by atomic mass is 9.76. The van der Waals surface area contributed by atoms with Gasteiger partial charge in [0, 0.05) is 0 Å². The first-order valence-electron chi connectivity index (χ1n) is 8.29. The van der Waals surface area contributed by atoms with Crippen LogP contribution in [0.3, 0.4) is 0 Å². The smallest absolute Gasteiger partial charge is 0.135 e. The van der Waals surface area contributed by atoms with Gasteiger partial charge in [-0.15, -0.1) is 0 Å². The van der Waals surface area contributed by atoms with E-state index in [-0.39, 0.29) is 0 Å². The quantitative estimate of drug-likeness (QED) is 0.554. The molecule has 0 amide bonds. The molecule has 1 nitrogen and oxygen atoms in total. The van der Waals surface area contributed by atoms with Crippen molar-refractivity contribution in [2.75, 3.05) is 0 Å². The Kier molecular flexibility index (Phi) is 7.37. The highest BCUT2D eigenvalue weighted by molar-refractivity contribution is 5.51. The molecule has 0 aromatic rings. The third-order valence-corrected chi connectivity index (χ3v) is 4.30. The van der Waals surface area contributed by atoms with Crippen molar-refractivity contribution in [3.63, 3.8) is 0 Å². The zero-order chi connectivity index (χ0) is 16.6. The van der Waals surface area contributed by atoms with Gasteiger partial charge in [-0.25, -0.2) is 4.39 Å². The maximum absolute atomic E-state index is 14.5. The third kappa shape index (κ3) is 5.01. The Labute approximate surface area is 135 Å². The average molecular weight is 303 g/mol. The van der Waals surface area contributed by atoms with Crippen LogP contribution in [0.25, 0.3) is 0 Å². The molecule has 0 aromatic carbocycles. The fourth-order valence-corrected chi connectivity index (χ4v) is 2.59. The van der Waals surface area contributed by atoms with Gasteiger partial charge in [-0.3, -0.25) is 0 Å². The van der Waals surface area contributed by atoms with Gasteiger partial charge in [-0.2, -0.15) is 0 Å². The van der Waals surface area contributed by atoms with Gasteiger partial charge in [-0.05, 0) is 81.0 Å². The van der Waals surface area contributed by atoms with Crippen LogP contribution < -0.4 is 5.73 Å². The Hall–Kier alpha value is -1.57. The maximum atomic E-state index is 14.5. The van der Waals surface area contributed by atoms with Crippen LogP contribution in [0.15, 0.2) is 59.4 Å². The van der Waals surface area contributed by atoms with E-state index in [1.54, 1.807) is 0 Å². The van der Waals surface area contributed by atoms with Gasteiger partial charge in [0.05, 0.1) is 0 Å². The molecule has 0 aromatic heterocycles. The summed E-state index contributed by atoms with van der Waals surface area (Å²) in [6, 6.07) is 0. The summed E-state index contributed by atoms with van der Waals surface area (Å²) in [5, 5.41) is 0. The number of nitrogens with two attached hydrogens (primary N) is 1. The summed E-state index contributed by atoms with van der Waals surface area (Å²) in [5.41, 5.74) is 8.21. The summed E-state index contributed by atoms with van der Waals surface area (Å²) >= 11 is 0. The van der Waals surface area contributed by atoms with Crippen molar-refractivity contribution in [3.05, 3.63) is 59.4 Å². The summed E-state index contributed by atoms with van der Waals surface area (Å²) in [6.45, 7) is 10.2. The van der Waals surface area contributed by atoms with Crippen molar-refractivity contribution < 1.29 is 4.39 Å². The highest BCUT2D eigenvalue weighted by Crippen LogP contribution is 2.42. The van der Waals surface area contributed by atoms with Gasteiger partial charge in [-0.1, -0.05) is 37.6 Å². The van der Waals surface area contributed by atoms with E-state index in [2.05, 4.69) is 26.5 Å². The predicted octanol–water partition coefficient (Wildman–Crippen LogP) is 5.92. The number of hydrogen-bond acceptors (Lipinski definition) is 1. The van der Waals surface area contributed by atoms with E-state index in [1.807, 2.05) is 25.2 Å². The molecule has 2 heteroatoms. The molecule has 0 atom stereocenters. The normalized spacial score (nSPS) is 19.4. The summed E-state index contributed by atoms with van der Waals surface area (Å²) in [6.07, 6.45) is 14.9. The van der Waals surface area contributed by atoms with Gasteiger partial charge >= 0.3 is 0 Å². The second-order valence-electron chi connectivity index (χ2n) is 6.14. The van der Waals surface area contributed by atoms with Crippen LogP contribution in [0.2, 0.25) is 0 Å². The largest absolute Gasteiger partial charge is 0.405 e. The van der Waals surface area contributed by atoms with E-state index in [0.717, 1.165) is 24.0 Å². The average Bonchev–Trinajstić information content (AvgIpc) is 2.47. The van der Waals surface area contributed by atoms with Crippen molar-refractivity contribution in [1.82, 2.24) is 0 Å². The Morgan fingerprint density at radius 3 is 2.41 bits per heavy atom. The molecule has 1 saturated carbocycles. The van der Waals surface area contributed by atoms with E-state index >= 15 is 0 Å². The Morgan fingerprint density at radius 1 is 1.27 bits per heavy atom. The van der Waals surface area contributed by atoms with Gasteiger partial charge in [0.15, 0.2) is 0 Å². The summed E-state index contributed by atoms with van der Waals surface area (Å²) in [5.74, 6) is 0. The first-order chi connectivity index (χ1) is 10.5. The molecule has 122 valence electrons. The first kappa shape index (κ1) is 18.5. The van der Waals surface area contributed by atoms with Crippen LogP contribution in [0.4, 0.5) is 4.39 Å². The molecule has 0 heterocycles. The summed E-state index contributed by atoms with van der Waals surface area (Å²) < 4.78 is 14.5. The molecule has 2 N–H and O–H groups in total. The van der Waals surface area contributed by atoms with Crippen LogP contribution >= 0.6 is 0 Å². The lowest BCUT2D eigenvalue weighted by Crippen LogP contribution is -2.32. The zero-order valence-corrected chi connectivity index (χ0v) is 14.3. The van der Waals surface area contributed by atoms with Crippen molar-refractivity contribution in [2.45, 2.75) is 65.0 Å². The minimum Gasteiger partial charge on any atom is -0.405 e. The van der Waals surface area contributed by atoms with Crippen molar-refractivity contribution in [2.24, 2.45) is 5.73 Å². The van der Waals surface area contributed by atoms with Gasteiger partial charge in [0.2, 0.25) is 0 Å². The molecule has 1 fully saturated rings. The van der Waals surface area contributed by atoms with Gasteiger partial charge in [0.25, 0.3) is 0 Å². The molecule has 0 spiro atoms. The van der Waals surface area contributed by atoms with Crippen LogP contribution in [0.5, 0.6) is 0 Å². The molecule has 0 unspecified atom stereocenters. The highest BCUT2D eigenvalue weighted by atomic mass is 19.1. The molecule has 0 bridgehead atoms. The SMILES string of the molecule is C=C(/C=C(\C=C(/C)CCCC)C(=C\C)/C=C/N)C1(F)CCC1. The van der Waals surface area contributed by atoms with E-state index in [9.17, 15) is 4.39 Å². The molecule has 0 saturated heterocycles. The molecular weight excluding hydrogens is 273 g/mol. The topological polar surface area (TPSA) is 26.0 Å².